The highest BCUT2D eigenvalue weighted by atomic mass is 79.9. The molecule has 208 valence electrons. The predicted molar refractivity (Wildman–Crippen MR) is 172 cm³/mol. The lowest BCUT2D eigenvalue weighted by atomic mass is 9.90. The van der Waals surface area contributed by atoms with Crippen LogP contribution < -0.4 is 0 Å². The van der Waals surface area contributed by atoms with Gasteiger partial charge in [-0.05, 0) is 52.9 Å². The second-order valence-corrected chi connectivity index (χ2v) is 12.7. The number of fused-ring (bicyclic) bond motifs is 3. The first-order valence-electron chi connectivity index (χ1n) is 16.1. The standard InChI is InChI=1S/C37H53Br/c1-3-5-6-7-8-9-10-11-12-13-14-15-16-17-18-19-20-21-22-23-24-33-36-29-31(4-2)25-27-34(36)35-28-26-32(38)30-37(33)35/h2,25-30,33H,3,5-24H2,1H3. The van der Waals surface area contributed by atoms with Crippen molar-refractivity contribution < 1.29 is 0 Å². The number of hydrogen-bond acceptors (Lipinski definition) is 0. The molecule has 1 unspecified atom stereocenters. The van der Waals surface area contributed by atoms with Crippen molar-refractivity contribution in [3.8, 4) is 23.5 Å². The molecule has 1 heteroatoms. The zero-order chi connectivity index (χ0) is 26.8. The Labute approximate surface area is 243 Å². The van der Waals surface area contributed by atoms with Crippen molar-refractivity contribution in [2.45, 2.75) is 148 Å². The van der Waals surface area contributed by atoms with Crippen molar-refractivity contribution in [2.24, 2.45) is 0 Å². The minimum atomic E-state index is 0.487. The van der Waals surface area contributed by atoms with Crippen molar-refractivity contribution in [1.82, 2.24) is 0 Å². The van der Waals surface area contributed by atoms with E-state index in [-0.39, 0.29) is 0 Å². The third-order valence-corrected chi connectivity index (χ3v) is 9.11. The molecule has 0 amide bonds. The first-order chi connectivity index (χ1) is 18.7. The van der Waals surface area contributed by atoms with Crippen LogP contribution in [0.15, 0.2) is 40.9 Å². The molecular weight excluding hydrogens is 524 g/mol. The summed E-state index contributed by atoms with van der Waals surface area (Å²) in [6.07, 6.45) is 35.6. The summed E-state index contributed by atoms with van der Waals surface area (Å²) in [4.78, 5) is 0. The zero-order valence-corrected chi connectivity index (χ0v) is 25.9. The van der Waals surface area contributed by atoms with Gasteiger partial charge in [0.05, 0.1) is 0 Å². The highest BCUT2D eigenvalue weighted by Gasteiger charge is 2.28. The fourth-order valence-corrected chi connectivity index (χ4v) is 6.71. The van der Waals surface area contributed by atoms with Gasteiger partial charge in [0.2, 0.25) is 0 Å². The van der Waals surface area contributed by atoms with Gasteiger partial charge in [-0.15, -0.1) is 6.42 Å². The number of terminal acetylenes is 1. The summed E-state index contributed by atoms with van der Waals surface area (Å²) in [5.41, 5.74) is 6.69. The Bertz CT molecular complexity index is 965. The third kappa shape index (κ3) is 10.6. The van der Waals surface area contributed by atoms with E-state index in [1.54, 1.807) is 0 Å². The maximum atomic E-state index is 5.72. The quantitative estimate of drug-likeness (QED) is 0.102. The van der Waals surface area contributed by atoms with Crippen molar-refractivity contribution in [2.75, 3.05) is 0 Å². The van der Waals surface area contributed by atoms with Crippen LogP contribution in [0.1, 0.15) is 164 Å². The summed E-state index contributed by atoms with van der Waals surface area (Å²) in [6, 6.07) is 13.3. The van der Waals surface area contributed by atoms with Gasteiger partial charge in [0, 0.05) is 16.0 Å². The molecule has 0 heterocycles. The molecule has 2 aromatic carbocycles. The molecule has 0 saturated heterocycles. The van der Waals surface area contributed by atoms with Gasteiger partial charge in [-0.25, -0.2) is 0 Å². The van der Waals surface area contributed by atoms with E-state index in [0.29, 0.717) is 5.92 Å². The summed E-state index contributed by atoms with van der Waals surface area (Å²) in [5, 5.41) is 0. The first kappa shape index (κ1) is 31.0. The molecule has 0 nitrogen and oxygen atoms in total. The van der Waals surface area contributed by atoms with E-state index in [2.05, 4.69) is 65.2 Å². The van der Waals surface area contributed by atoms with Crippen molar-refractivity contribution >= 4 is 15.9 Å². The molecule has 1 aliphatic rings. The Kier molecular flexibility index (Phi) is 15.3. The Balaban J connectivity index is 1.17. The van der Waals surface area contributed by atoms with Crippen LogP contribution in [0.4, 0.5) is 0 Å². The molecule has 0 bridgehead atoms. The molecule has 0 fully saturated rings. The third-order valence-electron chi connectivity index (χ3n) is 8.62. The first-order valence-corrected chi connectivity index (χ1v) is 16.9. The average molecular weight is 578 g/mol. The molecule has 1 atom stereocenters. The Morgan fingerprint density at radius 3 is 1.47 bits per heavy atom. The van der Waals surface area contributed by atoms with Crippen LogP contribution in [-0.2, 0) is 0 Å². The zero-order valence-electron chi connectivity index (χ0n) is 24.3. The lowest BCUT2D eigenvalue weighted by Gasteiger charge is -2.14. The fraction of sp³-hybridized carbons (Fsp3) is 0.622. The van der Waals surface area contributed by atoms with Gasteiger partial charge >= 0.3 is 0 Å². The minimum absolute atomic E-state index is 0.487. The lowest BCUT2D eigenvalue weighted by molar-refractivity contribution is 0.518. The van der Waals surface area contributed by atoms with Crippen molar-refractivity contribution in [3.05, 3.63) is 57.6 Å². The van der Waals surface area contributed by atoms with Crippen molar-refractivity contribution in [1.29, 1.82) is 0 Å². The van der Waals surface area contributed by atoms with Gasteiger partial charge in [-0.2, -0.15) is 0 Å². The van der Waals surface area contributed by atoms with Gasteiger partial charge in [-0.3, -0.25) is 0 Å². The van der Waals surface area contributed by atoms with E-state index < -0.39 is 0 Å². The van der Waals surface area contributed by atoms with Crippen LogP contribution in [0.3, 0.4) is 0 Å². The molecule has 0 aliphatic heterocycles. The van der Waals surface area contributed by atoms with E-state index >= 15 is 0 Å². The van der Waals surface area contributed by atoms with E-state index in [4.69, 9.17) is 6.42 Å². The smallest absolute Gasteiger partial charge is 0.0245 e. The number of unbranched alkanes of at least 4 members (excludes halogenated alkanes) is 19. The minimum Gasteiger partial charge on any atom is -0.115 e. The molecule has 1 aliphatic carbocycles. The fourth-order valence-electron chi connectivity index (χ4n) is 6.34. The normalized spacial score (nSPS) is 13.9. The van der Waals surface area contributed by atoms with Gasteiger partial charge in [0.25, 0.3) is 0 Å². The highest BCUT2D eigenvalue weighted by Crippen LogP contribution is 2.48. The Hall–Kier alpha value is -1.52. The maximum absolute atomic E-state index is 5.72. The average Bonchev–Trinajstić information content (AvgIpc) is 3.23. The SMILES string of the molecule is C#Cc1ccc2c(c1)C(CCCCCCCCCCCCCCCCCCCCCC)c1cc(Br)ccc1-2. The monoisotopic (exact) mass is 576 g/mol. The van der Waals surface area contributed by atoms with E-state index in [1.165, 1.54) is 162 Å². The van der Waals surface area contributed by atoms with Crippen LogP contribution in [0.2, 0.25) is 0 Å². The number of halogens is 1. The molecule has 0 radical (unpaired) electrons. The molecule has 0 spiro atoms. The largest absolute Gasteiger partial charge is 0.115 e. The Morgan fingerprint density at radius 2 is 1.00 bits per heavy atom. The summed E-state index contributed by atoms with van der Waals surface area (Å²) in [7, 11) is 0. The molecule has 0 aromatic heterocycles. The molecule has 2 aromatic rings. The second kappa shape index (κ2) is 18.7. The number of benzene rings is 2. The van der Waals surface area contributed by atoms with Crippen LogP contribution >= 0.6 is 15.9 Å². The van der Waals surface area contributed by atoms with E-state index in [0.717, 1.165) is 5.56 Å². The van der Waals surface area contributed by atoms with Crippen LogP contribution in [-0.4, -0.2) is 0 Å². The molecule has 0 saturated carbocycles. The van der Waals surface area contributed by atoms with E-state index in [1.807, 2.05) is 0 Å². The van der Waals surface area contributed by atoms with E-state index in [9.17, 15) is 0 Å². The van der Waals surface area contributed by atoms with Crippen LogP contribution in [0, 0.1) is 12.3 Å². The predicted octanol–water partition coefficient (Wildman–Crippen LogP) is 12.8. The molecular formula is C37H53Br. The summed E-state index contributed by atoms with van der Waals surface area (Å²) in [5.74, 6) is 3.32. The highest BCUT2D eigenvalue weighted by molar-refractivity contribution is 9.10. The second-order valence-electron chi connectivity index (χ2n) is 11.7. The van der Waals surface area contributed by atoms with Crippen LogP contribution in [0.5, 0.6) is 0 Å². The topological polar surface area (TPSA) is 0 Å². The van der Waals surface area contributed by atoms with Gasteiger partial charge in [0.15, 0.2) is 0 Å². The van der Waals surface area contributed by atoms with Gasteiger partial charge in [-0.1, -0.05) is 169 Å². The van der Waals surface area contributed by atoms with Crippen LogP contribution in [0.25, 0.3) is 11.1 Å². The van der Waals surface area contributed by atoms with Crippen molar-refractivity contribution in [3.63, 3.8) is 0 Å². The summed E-state index contributed by atoms with van der Waals surface area (Å²) < 4.78 is 1.18. The molecule has 38 heavy (non-hydrogen) atoms. The maximum Gasteiger partial charge on any atom is 0.0245 e. The number of hydrogen-bond donors (Lipinski definition) is 0. The molecule has 0 N–H and O–H groups in total. The summed E-state index contributed by atoms with van der Waals surface area (Å²) in [6.45, 7) is 2.30. The van der Waals surface area contributed by atoms with Gasteiger partial charge < -0.3 is 0 Å². The van der Waals surface area contributed by atoms with Gasteiger partial charge in [0.1, 0.15) is 0 Å². The molecule has 3 rings (SSSR count). The number of rotatable bonds is 21. The summed E-state index contributed by atoms with van der Waals surface area (Å²) >= 11 is 3.69. The Morgan fingerprint density at radius 1 is 0.579 bits per heavy atom. The lowest BCUT2D eigenvalue weighted by Crippen LogP contribution is -1.97.